The van der Waals surface area contributed by atoms with Crippen LogP contribution in [0.15, 0.2) is 24.3 Å². The molecular formula is C15H23NO2. The largest absolute Gasteiger partial charge is 0.465 e. The van der Waals surface area contributed by atoms with Gasteiger partial charge in [-0.3, -0.25) is 0 Å². The molecular weight excluding hydrogens is 226 g/mol. The molecule has 1 aromatic carbocycles. The summed E-state index contributed by atoms with van der Waals surface area (Å²) >= 11 is 0. The van der Waals surface area contributed by atoms with Crippen LogP contribution in [0.5, 0.6) is 0 Å². The smallest absolute Gasteiger partial charge is 0.339 e. The van der Waals surface area contributed by atoms with E-state index in [0.29, 0.717) is 11.5 Å². The van der Waals surface area contributed by atoms with Gasteiger partial charge in [0.25, 0.3) is 0 Å². The molecule has 0 unspecified atom stereocenters. The highest BCUT2D eigenvalue weighted by Crippen LogP contribution is 2.20. The number of rotatable bonds is 6. The Hall–Kier alpha value is -1.51. The second kappa shape index (κ2) is 7.04. The van der Waals surface area contributed by atoms with E-state index in [4.69, 9.17) is 4.74 Å². The third-order valence-electron chi connectivity index (χ3n) is 3.00. The second-order valence-corrected chi connectivity index (χ2v) is 4.97. The zero-order valence-corrected chi connectivity index (χ0v) is 11.8. The molecule has 18 heavy (non-hydrogen) atoms. The van der Waals surface area contributed by atoms with E-state index in [2.05, 4.69) is 18.7 Å². The van der Waals surface area contributed by atoms with Crippen LogP contribution in [0.25, 0.3) is 0 Å². The van der Waals surface area contributed by atoms with Crippen LogP contribution in [0.2, 0.25) is 0 Å². The predicted molar refractivity (Wildman–Crippen MR) is 75.1 cm³/mol. The van der Waals surface area contributed by atoms with Crippen LogP contribution in [0.1, 0.15) is 37.0 Å². The number of para-hydroxylation sites is 1. The molecule has 1 aromatic rings. The van der Waals surface area contributed by atoms with Crippen molar-refractivity contribution in [3.63, 3.8) is 0 Å². The molecule has 0 aliphatic rings. The van der Waals surface area contributed by atoms with Gasteiger partial charge in [-0.1, -0.05) is 26.0 Å². The molecule has 100 valence electrons. The van der Waals surface area contributed by atoms with Crippen molar-refractivity contribution in [1.82, 2.24) is 0 Å². The number of hydrogen-bond donors (Lipinski definition) is 0. The summed E-state index contributed by atoms with van der Waals surface area (Å²) in [5.41, 5.74) is 1.57. The van der Waals surface area contributed by atoms with Gasteiger partial charge in [-0.2, -0.15) is 0 Å². The van der Waals surface area contributed by atoms with Crippen molar-refractivity contribution in [3.8, 4) is 0 Å². The first-order valence-corrected chi connectivity index (χ1v) is 6.44. The molecule has 0 fully saturated rings. The molecule has 0 bridgehead atoms. The van der Waals surface area contributed by atoms with Crippen LogP contribution >= 0.6 is 0 Å². The van der Waals surface area contributed by atoms with Gasteiger partial charge in [-0.25, -0.2) is 4.79 Å². The Morgan fingerprint density at radius 1 is 1.33 bits per heavy atom. The zero-order valence-electron chi connectivity index (χ0n) is 11.8. The van der Waals surface area contributed by atoms with Crippen molar-refractivity contribution in [1.29, 1.82) is 0 Å². The summed E-state index contributed by atoms with van der Waals surface area (Å²) in [4.78, 5) is 13.8. The Morgan fingerprint density at radius 2 is 2.00 bits per heavy atom. The lowest BCUT2D eigenvalue weighted by Gasteiger charge is -2.22. The number of esters is 1. The number of benzene rings is 1. The molecule has 0 N–H and O–H groups in total. The highest BCUT2D eigenvalue weighted by atomic mass is 16.5. The second-order valence-electron chi connectivity index (χ2n) is 4.97. The van der Waals surface area contributed by atoms with Gasteiger partial charge in [0.05, 0.1) is 18.4 Å². The molecule has 0 amide bonds. The molecule has 0 atom stereocenters. The maximum absolute atomic E-state index is 11.7. The van der Waals surface area contributed by atoms with Crippen LogP contribution in [-0.2, 0) is 4.74 Å². The van der Waals surface area contributed by atoms with Gasteiger partial charge in [0, 0.05) is 13.6 Å². The lowest BCUT2D eigenvalue weighted by molar-refractivity contribution is 0.0601. The minimum absolute atomic E-state index is 0.277. The minimum atomic E-state index is -0.277. The minimum Gasteiger partial charge on any atom is -0.465 e. The number of nitrogens with zero attached hydrogens (tertiary/aromatic N) is 1. The number of carbonyl (C=O) groups excluding carboxylic acids is 1. The normalized spacial score (nSPS) is 10.5. The zero-order chi connectivity index (χ0) is 13.5. The standard InChI is InChI=1S/C15H23NO2/c1-12(2)8-7-11-16(3)14-10-6-5-9-13(14)15(17)18-4/h5-6,9-10,12H,7-8,11H2,1-4H3. The number of methoxy groups -OCH3 is 1. The Labute approximate surface area is 110 Å². The van der Waals surface area contributed by atoms with Crippen molar-refractivity contribution < 1.29 is 9.53 Å². The molecule has 1 rings (SSSR count). The summed E-state index contributed by atoms with van der Waals surface area (Å²) in [5, 5.41) is 0. The number of hydrogen-bond acceptors (Lipinski definition) is 3. The number of carbonyl (C=O) groups is 1. The van der Waals surface area contributed by atoms with Gasteiger partial charge >= 0.3 is 5.97 Å². The topological polar surface area (TPSA) is 29.5 Å². The molecule has 0 heterocycles. The van der Waals surface area contributed by atoms with Crippen molar-refractivity contribution >= 4 is 11.7 Å². The molecule has 0 aliphatic heterocycles. The summed E-state index contributed by atoms with van der Waals surface area (Å²) in [7, 11) is 3.43. The van der Waals surface area contributed by atoms with Crippen molar-refractivity contribution in [2.24, 2.45) is 5.92 Å². The van der Waals surface area contributed by atoms with Crippen molar-refractivity contribution in [2.75, 3.05) is 25.6 Å². The van der Waals surface area contributed by atoms with Gasteiger partial charge in [-0.15, -0.1) is 0 Å². The molecule has 0 radical (unpaired) electrons. The maximum Gasteiger partial charge on any atom is 0.339 e. The van der Waals surface area contributed by atoms with Gasteiger partial charge in [0.2, 0.25) is 0 Å². The fraction of sp³-hybridized carbons (Fsp3) is 0.533. The first kappa shape index (κ1) is 14.6. The van der Waals surface area contributed by atoms with Crippen LogP contribution in [-0.4, -0.2) is 26.7 Å². The summed E-state index contributed by atoms with van der Waals surface area (Å²) in [6.45, 7) is 5.40. The van der Waals surface area contributed by atoms with E-state index in [-0.39, 0.29) is 5.97 Å². The van der Waals surface area contributed by atoms with Gasteiger partial charge < -0.3 is 9.64 Å². The van der Waals surface area contributed by atoms with Gasteiger partial charge in [0.1, 0.15) is 0 Å². The predicted octanol–water partition coefficient (Wildman–Crippen LogP) is 3.35. The van der Waals surface area contributed by atoms with Crippen LogP contribution < -0.4 is 4.90 Å². The summed E-state index contributed by atoms with van der Waals surface area (Å²) in [6, 6.07) is 7.57. The third kappa shape index (κ3) is 4.06. The Kier molecular flexibility index (Phi) is 5.69. The summed E-state index contributed by atoms with van der Waals surface area (Å²) < 4.78 is 4.80. The molecule has 3 nitrogen and oxygen atoms in total. The Bertz CT molecular complexity index is 388. The molecule has 0 aromatic heterocycles. The Balaban J connectivity index is 2.72. The average Bonchev–Trinajstić information content (AvgIpc) is 2.37. The van der Waals surface area contributed by atoms with E-state index in [1.807, 2.05) is 25.2 Å². The highest BCUT2D eigenvalue weighted by molar-refractivity contribution is 5.95. The summed E-state index contributed by atoms with van der Waals surface area (Å²) in [6.07, 6.45) is 2.33. The van der Waals surface area contributed by atoms with E-state index >= 15 is 0 Å². The lowest BCUT2D eigenvalue weighted by atomic mass is 10.1. The molecule has 0 aliphatic carbocycles. The quantitative estimate of drug-likeness (QED) is 0.724. The van der Waals surface area contributed by atoms with Crippen LogP contribution in [0.3, 0.4) is 0 Å². The maximum atomic E-state index is 11.7. The SMILES string of the molecule is COC(=O)c1ccccc1N(C)CCCC(C)C. The summed E-state index contributed by atoms with van der Waals surface area (Å²) in [5.74, 6) is 0.440. The van der Waals surface area contributed by atoms with Crippen LogP contribution in [0, 0.1) is 5.92 Å². The molecule has 3 heteroatoms. The third-order valence-corrected chi connectivity index (χ3v) is 3.00. The van der Waals surface area contributed by atoms with E-state index in [9.17, 15) is 4.79 Å². The van der Waals surface area contributed by atoms with E-state index in [1.54, 1.807) is 6.07 Å². The number of ether oxygens (including phenoxy) is 1. The molecule has 0 saturated carbocycles. The van der Waals surface area contributed by atoms with E-state index < -0.39 is 0 Å². The van der Waals surface area contributed by atoms with Gasteiger partial charge in [0.15, 0.2) is 0 Å². The monoisotopic (exact) mass is 249 g/mol. The van der Waals surface area contributed by atoms with Crippen molar-refractivity contribution in [2.45, 2.75) is 26.7 Å². The van der Waals surface area contributed by atoms with Gasteiger partial charge in [-0.05, 0) is 30.9 Å². The fourth-order valence-corrected chi connectivity index (χ4v) is 1.95. The molecule has 0 saturated heterocycles. The highest BCUT2D eigenvalue weighted by Gasteiger charge is 2.13. The average molecular weight is 249 g/mol. The van der Waals surface area contributed by atoms with E-state index in [1.165, 1.54) is 13.5 Å². The van der Waals surface area contributed by atoms with Crippen molar-refractivity contribution in [3.05, 3.63) is 29.8 Å². The molecule has 0 spiro atoms. The van der Waals surface area contributed by atoms with Crippen LogP contribution in [0.4, 0.5) is 5.69 Å². The first-order valence-electron chi connectivity index (χ1n) is 6.44. The Morgan fingerprint density at radius 3 is 2.61 bits per heavy atom. The number of anilines is 1. The van der Waals surface area contributed by atoms with E-state index in [0.717, 1.165) is 18.7 Å². The fourth-order valence-electron chi connectivity index (χ4n) is 1.95. The lowest BCUT2D eigenvalue weighted by Crippen LogP contribution is -2.21. The first-order chi connectivity index (χ1) is 8.56.